The van der Waals surface area contributed by atoms with Crippen LogP contribution < -0.4 is 5.32 Å². The minimum atomic E-state index is -0.380. The molecule has 4 aromatic rings. The number of hydrogen-bond donors (Lipinski definition) is 1. The molecular formula is C20H18ClN5OS. The van der Waals surface area contributed by atoms with Crippen molar-refractivity contribution in [3.05, 3.63) is 53.6 Å². The topological polar surface area (TPSA) is 72.7 Å². The number of hydrogen-bond acceptors (Lipinski definition) is 5. The van der Waals surface area contributed by atoms with Crippen LogP contribution in [0.15, 0.2) is 53.7 Å². The Bertz CT molecular complexity index is 1160. The Kier molecular flexibility index (Phi) is 5.19. The normalized spacial score (nSPS) is 12.4. The van der Waals surface area contributed by atoms with Crippen LogP contribution in [-0.2, 0) is 11.3 Å². The Morgan fingerprint density at radius 1 is 1.18 bits per heavy atom. The number of para-hydroxylation sites is 1. The van der Waals surface area contributed by atoms with Crippen LogP contribution >= 0.6 is 23.4 Å². The van der Waals surface area contributed by atoms with E-state index in [9.17, 15) is 4.79 Å². The number of halogens is 1. The van der Waals surface area contributed by atoms with Crippen molar-refractivity contribution in [2.75, 3.05) is 5.32 Å². The standard InChI is InChI=1S/C20H18ClN5OS/c1-3-26-16-7-5-4-6-15(16)17-18(26)23-20(25-24-17)28-12(2)19(27)22-14-10-8-13(21)9-11-14/h4-12H,3H2,1-2H3,(H,22,27)/t12-/m1/s1. The number of thioether (sulfide) groups is 1. The molecule has 0 spiro atoms. The van der Waals surface area contributed by atoms with Gasteiger partial charge >= 0.3 is 0 Å². The van der Waals surface area contributed by atoms with Crippen LogP contribution in [0.25, 0.3) is 22.1 Å². The predicted octanol–water partition coefficient (Wildman–Crippen LogP) is 4.77. The molecule has 1 N–H and O–H groups in total. The molecule has 0 aliphatic heterocycles. The monoisotopic (exact) mass is 411 g/mol. The number of nitrogens with one attached hydrogen (secondary N) is 1. The van der Waals surface area contributed by atoms with Gasteiger partial charge in [0, 0.05) is 22.6 Å². The molecule has 0 bridgehead atoms. The maximum atomic E-state index is 12.5. The lowest BCUT2D eigenvalue weighted by Crippen LogP contribution is -2.22. The van der Waals surface area contributed by atoms with Gasteiger partial charge in [0.05, 0.1) is 10.8 Å². The molecule has 142 valence electrons. The molecule has 0 aliphatic rings. The van der Waals surface area contributed by atoms with Gasteiger partial charge in [0.2, 0.25) is 11.1 Å². The van der Waals surface area contributed by atoms with E-state index in [1.54, 1.807) is 24.3 Å². The second-order valence-electron chi connectivity index (χ2n) is 6.28. The van der Waals surface area contributed by atoms with Gasteiger partial charge in [-0.2, -0.15) is 0 Å². The van der Waals surface area contributed by atoms with E-state index < -0.39 is 0 Å². The van der Waals surface area contributed by atoms with E-state index in [1.807, 2.05) is 25.1 Å². The number of carbonyl (C=O) groups excluding carboxylic acids is 1. The highest BCUT2D eigenvalue weighted by molar-refractivity contribution is 8.00. The number of nitrogens with zero attached hydrogens (tertiary/aromatic N) is 4. The molecule has 0 saturated carbocycles. The summed E-state index contributed by atoms with van der Waals surface area (Å²) in [5.74, 6) is -0.132. The van der Waals surface area contributed by atoms with E-state index in [0.717, 1.165) is 28.6 Å². The Morgan fingerprint density at radius 2 is 1.93 bits per heavy atom. The first kappa shape index (κ1) is 18.7. The Labute approximate surface area is 171 Å². The van der Waals surface area contributed by atoms with Crippen LogP contribution in [0.5, 0.6) is 0 Å². The Hall–Kier alpha value is -2.64. The average Bonchev–Trinajstić information content (AvgIpc) is 3.02. The number of aromatic nitrogens is 4. The van der Waals surface area contributed by atoms with Crippen LogP contribution in [0.2, 0.25) is 5.02 Å². The Balaban J connectivity index is 1.58. The highest BCUT2D eigenvalue weighted by Gasteiger charge is 2.19. The van der Waals surface area contributed by atoms with Crippen molar-refractivity contribution < 1.29 is 4.79 Å². The number of carbonyl (C=O) groups is 1. The van der Waals surface area contributed by atoms with Crippen molar-refractivity contribution in [3.63, 3.8) is 0 Å². The van der Waals surface area contributed by atoms with E-state index in [0.29, 0.717) is 15.9 Å². The Morgan fingerprint density at radius 3 is 2.68 bits per heavy atom. The van der Waals surface area contributed by atoms with Gasteiger partial charge in [-0.1, -0.05) is 41.6 Å². The SMILES string of the molecule is CCn1c2ccccc2c2nnc(S[C@H](C)C(=O)Nc3ccc(Cl)cc3)nc21. The molecule has 0 fully saturated rings. The van der Waals surface area contributed by atoms with E-state index in [2.05, 4.69) is 38.1 Å². The molecule has 4 rings (SSSR count). The van der Waals surface area contributed by atoms with Crippen molar-refractivity contribution in [1.82, 2.24) is 19.7 Å². The molecule has 1 atom stereocenters. The summed E-state index contributed by atoms with van der Waals surface area (Å²) in [7, 11) is 0. The summed E-state index contributed by atoms with van der Waals surface area (Å²) in [6.07, 6.45) is 0. The fraction of sp³-hybridized carbons (Fsp3) is 0.200. The van der Waals surface area contributed by atoms with Crippen molar-refractivity contribution in [2.45, 2.75) is 30.8 Å². The van der Waals surface area contributed by atoms with Gasteiger partial charge in [0.25, 0.3) is 0 Å². The number of anilines is 1. The number of fused-ring (bicyclic) bond motifs is 3. The lowest BCUT2D eigenvalue weighted by molar-refractivity contribution is -0.115. The summed E-state index contributed by atoms with van der Waals surface area (Å²) < 4.78 is 2.11. The molecule has 6 nitrogen and oxygen atoms in total. The molecule has 0 radical (unpaired) electrons. The van der Waals surface area contributed by atoms with E-state index in [4.69, 9.17) is 11.6 Å². The number of rotatable bonds is 5. The average molecular weight is 412 g/mol. The van der Waals surface area contributed by atoms with Crippen molar-refractivity contribution >= 4 is 57.0 Å². The van der Waals surface area contributed by atoms with Crippen molar-refractivity contribution in [2.24, 2.45) is 0 Å². The van der Waals surface area contributed by atoms with Crippen molar-refractivity contribution in [1.29, 1.82) is 0 Å². The molecule has 2 aromatic heterocycles. The van der Waals surface area contributed by atoms with Gasteiger partial charge in [-0.25, -0.2) is 4.98 Å². The van der Waals surface area contributed by atoms with Crippen molar-refractivity contribution in [3.8, 4) is 0 Å². The van der Waals surface area contributed by atoms with Gasteiger partial charge in [-0.05, 0) is 44.2 Å². The van der Waals surface area contributed by atoms with E-state index >= 15 is 0 Å². The second kappa shape index (κ2) is 7.77. The highest BCUT2D eigenvalue weighted by atomic mass is 35.5. The molecule has 1 amide bonds. The molecule has 28 heavy (non-hydrogen) atoms. The molecule has 8 heteroatoms. The fourth-order valence-corrected chi connectivity index (χ4v) is 3.88. The third kappa shape index (κ3) is 3.55. The van der Waals surface area contributed by atoms with Crippen LogP contribution in [0, 0.1) is 0 Å². The summed E-state index contributed by atoms with van der Waals surface area (Å²) in [5, 5.41) is 13.2. The second-order valence-corrected chi connectivity index (χ2v) is 8.03. The highest BCUT2D eigenvalue weighted by Crippen LogP contribution is 2.28. The summed E-state index contributed by atoms with van der Waals surface area (Å²) in [5.41, 5.74) is 3.34. The number of benzene rings is 2. The minimum Gasteiger partial charge on any atom is -0.325 e. The first-order chi connectivity index (χ1) is 13.6. The molecule has 2 aromatic carbocycles. The summed E-state index contributed by atoms with van der Waals surface area (Å²) in [6.45, 7) is 4.67. The van der Waals surface area contributed by atoms with Gasteiger partial charge in [0.15, 0.2) is 5.65 Å². The first-order valence-corrected chi connectivity index (χ1v) is 10.2. The lowest BCUT2D eigenvalue weighted by Gasteiger charge is -2.11. The summed E-state index contributed by atoms with van der Waals surface area (Å²) >= 11 is 7.16. The molecule has 0 saturated heterocycles. The van der Waals surface area contributed by atoms with E-state index in [-0.39, 0.29) is 11.2 Å². The maximum absolute atomic E-state index is 12.5. The zero-order valence-corrected chi connectivity index (χ0v) is 17.0. The van der Waals surface area contributed by atoms with Gasteiger partial charge in [-0.15, -0.1) is 10.2 Å². The number of amides is 1. The van der Waals surface area contributed by atoms with E-state index in [1.165, 1.54) is 11.8 Å². The third-order valence-corrected chi connectivity index (χ3v) is 5.64. The molecule has 0 aliphatic carbocycles. The third-order valence-electron chi connectivity index (χ3n) is 4.43. The van der Waals surface area contributed by atoms with Gasteiger partial charge in [-0.3, -0.25) is 4.79 Å². The minimum absolute atomic E-state index is 0.132. The van der Waals surface area contributed by atoms with Crippen LogP contribution in [-0.4, -0.2) is 30.9 Å². The molecule has 0 unspecified atom stereocenters. The zero-order valence-electron chi connectivity index (χ0n) is 15.4. The van der Waals surface area contributed by atoms with Gasteiger partial charge in [0.1, 0.15) is 5.52 Å². The fourth-order valence-electron chi connectivity index (χ4n) is 3.05. The van der Waals surface area contributed by atoms with Crippen LogP contribution in [0.3, 0.4) is 0 Å². The molecule has 2 heterocycles. The summed E-state index contributed by atoms with van der Waals surface area (Å²) in [4.78, 5) is 17.2. The first-order valence-electron chi connectivity index (χ1n) is 8.91. The van der Waals surface area contributed by atoms with Crippen LogP contribution in [0.4, 0.5) is 5.69 Å². The maximum Gasteiger partial charge on any atom is 0.237 e. The molecular weight excluding hydrogens is 394 g/mol. The van der Waals surface area contributed by atoms with Gasteiger partial charge < -0.3 is 9.88 Å². The number of aryl methyl sites for hydroxylation is 1. The zero-order chi connectivity index (χ0) is 19.7. The quantitative estimate of drug-likeness (QED) is 0.479. The summed E-state index contributed by atoms with van der Waals surface area (Å²) in [6, 6.07) is 15.1. The smallest absolute Gasteiger partial charge is 0.237 e. The lowest BCUT2D eigenvalue weighted by atomic mass is 10.2. The predicted molar refractivity (Wildman–Crippen MR) is 114 cm³/mol. The van der Waals surface area contributed by atoms with Crippen LogP contribution in [0.1, 0.15) is 13.8 Å². The largest absolute Gasteiger partial charge is 0.325 e.